The van der Waals surface area contributed by atoms with Crippen molar-refractivity contribution in [2.24, 2.45) is 0 Å². The third kappa shape index (κ3) is 6.91. The average Bonchev–Trinajstić information content (AvgIpc) is 3.29. The lowest BCUT2D eigenvalue weighted by Gasteiger charge is -2.24. The molecule has 1 heterocycles. The molecule has 7 nitrogen and oxygen atoms in total. The molecule has 1 saturated heterocycles. The van der Waals surface area contributed by atoms with E-state index in [1.54, 1.807) is 4.90 Å². The van der Waals surface area contributed by atoms with Crippen LogP contribution in [0.15, 0.2) is 54.6 Å². The molecule has 0 spiro atoms. The van der Waals surface area contributed by atoms with Gasteiger partial charge in [0.15, 0.2) is 0 Å². The second-order valence-electron chi connectivity index (χ2n) is 7.46. The Balaban J connectivity index is 1.39. The van der Waals surface area contributed by atoms with Crippen molar-refractivity contribution in [3.63, 3.8) is 0 Å². The summed E-state index contributed by atoms with van der Waals surface area (Å²) >= 11 is 0. The fourth-order valence-corrected chi connectivity index (χ4v) is 3.43. The SMILES string of the molecule is CCCCOc1ccc(OCCNC(=O)[C@H]2CCCN2C(=O)Nc2ccccc2)cc1. The van der Waals surface area contributed by atoms with Crippen LogP contribution in [-0.4, -0.2) is 49.2 Å². The number of nitrogens with one attached hydrogen (secondary N) is 2. The first-order valence-corrected chi connectivity index (χ1v) is 10.9. The number of anilines is 1. The molecule has 7 heteroatoms. The summed E-state index contributed by atoms with van der Waals surface area (Å²) in [5.41, 5.74) is 0.716. The summed E-state index contributed by atoms with van der Waals surface area (Å²) in [6.07, 6.45) is 3.60. The number of unbranched alkanes of at least 4 members (excludes halogenated alkanes) is 1. The minimum absolute atomic E-state index is 0.149. The third-order valence-corrected chi connectivity index (χ3v) is 5.10. The lowest BCUT2D eigenvalue weighted by Crippen LogP contribution is -2.48. The van der Waals surface area contributed by atoms with Gasteiger partial charge in [0.2, 0.25) is 5.91 Å². The summed E-state index contributed by atoms with van der Waals surface area (Å²) < 4.78 is 11.3. The highest BCUT2D eigenvalue weighted by atomic mass is 16.5. The highest BCUT2D eigenvalue weighted by molar-refractivity contribution is 5.94. The van der Waals surface area contributed by atoms with Crippen molar-refractivity contribution >= 4 is 17.6 Å². The lowest BCUT2D eigenvalue weighted by molar-refractivity contribution is -0.124. The number of rotatable bonds is 10. The number of para-hydroxylation sites is 1. The summed E-state index contributed by atoms with van der Waals surface area (Å²) in [5.74, 6) is 1.40. The molecule has 0 radical (unpaired) electrons. The fourth-order valence-electron chi connectivity index (χ4n) is 3.43. The first kappa shape index (κ1) is 22.5. The molecular weight excluding hydrogens is 394 g/mol. The number of likely N-dealkylation sites (tertiary alicyclic amines) is 1. The van der Waals surface area contributed by atoms with Gasteiger partial charge in [0.05, 0.1) is 13.2 Å². The van der Waals surface area contributed by atoms with Crippen LogP contribution >= 0.6 is 0 Å². The normalized spacial score (nSPS) is 15.4. The largest absolute Gasteiger partial charge is 0.494 e. The standard InChI is InChI=1S/C24H31N3O4/c1-2-3-17-30-20-11-13-21(14-12-20)31-18-15-25-23(28)22-10-7-16-27(22)24(29)26-19-8-5-4-6-9-19/h4-6,8-9,11-14,22H,2-3,7,10,15-18H2,1H3,(H,25,28)(H,26,29)/t22-/m1/s1. The zero-order valence-corrected chi connectivity index (χ0v) is 18.0. The number of amides is 3. The number of carbonyl (C=O) groups is 2. The van der Waals surface area contributed by atoms with E-state index in [2.05, 4.69) is 17.6 Å². The van der Waals surface area contributed by atoms with Crippen LogP contribution in [0.2, 0.25) is 0 Å². The van der Waals surface area contributed by atoms with Crippen LogP contribution < -0.4 is 20.1 Å². The molecule has 0 bridgehead atoms. The fraction of sp³-hybridized carbons (Fsp3) is 0.417. The van der Waals surface area contributed by atoms with Crippen molar-refractivity contribution in [3.05, 3.63) is 54.6 Å². The molecule has 166 valence electrons. The zero-order chi connectivity index (χ0) is 21.9. The van der Waals surface area contributed by atoms with Crippen molar-refractivity contribution in [1.82, 2.24) is 10.2 Å². The van der Waals surface area contributed by atoms with E-state index in [1.807, 2.05) is 54.6 Å². The average molecular weight is 426 g/mol. The monoisotopic (exact) mass is 425 g/mol. The van der Waals surface area contributed by atoms with Gasteiger partial charge in [-0.1, -0.05) is 31.5 Å². The maximum absolute atomic E-state index is 12.6. The van der Waals surface area contributed by atoms with E-state index >= 15 is 0 Å². The molecule has 0 aromatic heterocycles. The Bertz CT molecular complexity index is 826. The molecular formula is C24H31N3O4. The number of ether oxygens (including phenoxy) is 2. The van der Waals surface area contributed by atoms with E-state index in [0.29, 0.717) is 38.4 Å². The van der Waals surface area contributed by atoms with Gasteiger partial charge in [-0.25, -0.2) is 4.79 Å². The summed E-state index contributed by atoms with van der Waals surface area (Å²) in [4.78, 5) is 26.7. The molecule has 2 N–H and O–H groups in total. The molecule has 1 aliphatic heterocycles. The molecule has 1 atom stereocenters. The number of nitrogens with zero attached hydrogens (tertiary/aromatic N) is 1. The zero-order valence-electron chi connectivity index (χ0n) is 18.0. The van der Waals surface area contributed by atoms with Crippen LogP contribution in [0.25, 0.3) is 0 Å². The van der Waals surface area contributed by atoms with Gasteiger partial charge in [0.1, 0.15) is 24.1 Å². The van der Waals surface area contributed by atoms with Gasteiger partial charge in [-0.3, -0.25) is 4.79 Å². The maximum atomic E-state index is 12.6. The second kappa shape index (κ2) is 11.8. The van der Waals surface area contributed by atoms with E-state index < -0.39 is 6.04 Å². The predicted molar refractivity (Wildman–Crippen MR) is 121 cm³/mol. The smallest absolute Gasteiger partial charge is 0.322 e. The van der Waals surface area contributed by atoms with Crippen molar-refractivity contribution in [1.29, 1.82) is 0 Å². The quantitative estimate of drug-likeness (QED) is 0.563. The lowest BCUT2D eigenvalue weighted by atomic mass is 10.2. The highest BCUT2D eigenvalue weighted by Crippen LogP contribution is 2.20. The Morgan fingerprint density at radius 2 is 1.68 bits per heavy atom. The maximum Gasteiger partial charge on any atom is 0.322 e. The summed E-state index contributed by atoms with van der Waals surface area (Å²) in [6, 6.07) is 16.0. The van der Waals surface area contributed by atoms with Crippen LogP contribution in [0.5, 0.6) is 11.5 Å². The third-order valence-electron chi connectivity index (χ3n) is 5.10. The molecule has 31 heavy (non-hydrogen) atoms. The highest BCUT2D eigenvalue weighted by Gasteiger charge is 2.33. The first-order valence-electron chi connectivity index (χ1n) is 10.9. The van der Waals surface area contributed by atoms with E-state index in [-0.39, 0.29) is 11.9 Å². The van der Waals surface area contributed by atoms with Gasteiger partial charge < -0.3 is 25.0 Å². The van der Waals surface area contributed by atoms with E-state index in [0.717, 1.165) is 30.8 Å². The summed E-state index contributed by atoms with van der Waals surface area (Å²) in [6.45, 7) is 4.13. The van der Waals surface area contributed by atoms with Crippen molar-refractivity contribution < 1.29 is 19.1 Å². The Hall–Kier alpha value is -3.22. The van der Waals surface area contributed by atoms with Gasteiger partial charge in [-0.15, -0.1) is 0 Å². The Labute approximate surface area is 183 Å². The van der Waals surface area contributed by atoms with Crippen LogP contribution in [-0.2, 0) is 4.79 Å². The number of benzene rings is 2. The van der Waals surface area contributed by atoms with Gasteiger partial charge in [-0.05, 0) is 55.7 Å². The number of urea groups is 1. The van der Waals surface area contributed by atoms with Gasteiger partial charge in [0.25, 0.3) is 0 Å². The molecule has 0 saturated carbocycles. The number of carbonyl (C=O) groups excluding carboxylic acids is 2. The van der Waals surface area contributed by atoms with Gasteiger partial charge >= 0.3 is 6.03 Å². The Kier molecular flexibility index (Phi) is 8.58. The second-order valence-corrected chi connectivity index (χ2v) is 7.46. The number of hydrogen-bond acceptors (Lipinski definition) is 4. The van der Waals surface area contributed by atoms with E-state index in [9.17, 15) is 9.59 Å². The van der Waals surface area contributed by atoms with Crippen LogP contribution in [0.3, 0.4) is 0 Å². The molecule has 2 aromatic carbocycles. The van der Waals surface area contributed by atoms with Crippen LogP contribution in [0, 0.1) is 0 Å². The van der Waals surface area contributed by atoms with Gasteiger partial charge in [0, 0.05) is 12.2 Å². The van der Waals surface area contributed by atoms with Crippen molar-refractivity contribution in [2.45, 2.75) is 38.6 Å². The molecule has 0 unspecified atom stereocenters. The Morgan fingerprint density at radius 1 is 1.00 bits per heavy atom. The predicted octanol–water partition coefficient (Wildman–Crippen LogP) is 4.06. The molecule has 3 amide bonds. The minimum Gasteiger partial charge on any atom is -0.494 e. The Morgan fingerprint density at radius 3 is 2.35 bits per heavy atom. The summed E-state index contributed by atoms with van der Waals surface area (Å²) in [5, 5.41) is 5.73. The minimum atomic E-state index is -0.455. The molecule has 1 fully saturated rings. The van der Waals surface area contributed by atoms with Crippen molar-refractivity contribution in [3.8, 4) is 11.5 Å². The molecule has 1 aliphatic rings. The van der Waals surface area contributed by atoms with Crippen LogP contribution in [0.4, 0.5) is 10.5 Å². The van der Waals surface area contributed by atoms with Crippen molar-refractivity contribution in [2.75, 3.05) is 31.6 Å². The summed E-state index contributed by atoms with van der Waals surface area (Å²) in [7, 11) is 0. The molecule has 3 rings (SSSR count). The number of hydrogen-bond donors (Lipinski definition) is 2. The first-order chi connectivity index (χ1) is 15.2. The van der Waals surface area contributed by atoms with Crippen LogP contribution in [0.1, 0.15) is 32.6 Å². The topological polar surface area (TPSA) is 79.9 Å². The van der Waals surface area contributed by atoms with E-state index in [1.165, 1.54) is 0 Å². The molecule has 2 aromatic rings. The van der Waals surface area contributed by atoms with E-state index in [4.69, 9.17) is 9.47 Å². The van der Waals surface area contributed by atoms with Gasteiger partial charge in [-0.2, -0.15) is 0 Å². The molecule has 0 aliphatic carbocycles.